The van der Waals surface area contributed by atoms with Gasteiger partial charge in [0.2, 0.25) is 0 Å². The van der Waals surface area contributed by atoms with Crippen LogP contribution < -0.4 is 19.5 Å². The van der Waals surface area contributed by atoms with Crippen LogP contribution in [0, 0.1) is 0 Å². The molecule has 1 unspecified atom stereocenters. The summed E-state index contributed by atoms with van der Waals surface area (Å²) in [5, 5.41) is 8.96. The molecule has 6 rings (SSSR count). The fourth-order valence-corrected chi connectivity index (χ4v) is 4.61. The van der Waals surface area contributed by atoms with Gasteiger partial charge in [-0.3, -0.25) is 4.68 Å². The summed E-state index contributed by atoms with van der Waals surface area (Å²) in [6, 6.07) is 21.9. The molecule has 0 radical (unpaired) electrons. The first-order chi connectivity index (χ1) is 18.2. The van der Waals surface area contributed by atoms with Crippen molar-refractivity contribution in [1.82, 2.24) is 19.7 Å². The number of nitrogens with zero attached hydrogens (tertiary/aromatic N) is 4. The number of rotatable bonds is 7. The van der Waals surface area contributed by atoms with E-state index in [-0.39, 0.29) is 5.92 Å². The van der Waals surface area contributed by atoms with Gasteiger partial charge in [0.1, 0.15) is 28.9 Å². The van der Waals surface area contributed by atoms with Gasteiger partial charge >= 0.3 is 0 Å². The summed E-state index contributed by atoms with van der Waals surface area (Å²) in [6.45, 7) is 1.18. The summed E-state index contributed by atoms with van der Waals surface area (Å²) in [5.41, 5.74) is 3.98. The van der Waals surface area contributed by atoms with Gasteiger partial charge in [-0.1, -0.05) is 24.3 Å². The normalized spacial score (nSPS) is 14.6. The minimum absolute atomic E-state index is 0.0301. The number of hydrogen-bond donors (Lipinski definition) is 1. The first-order valence-electron chi connectivity index (χ1n) is 12.2. The number of methoxy groups -OCH3 is 2. The minimum Gasteiger partial charge on any atom is -0.497 e. The number of para-hydroxylation sites is 1. The van der Waals surface area contributed by atoms with E-state index in [4.69, 9.17) is 24.2 Å². The topological polar surface area (TPSA) is 83.3 Å². The van der Waals surface area contributed by atoms with Gasteiger partial charge in [-0.25, -0.2) is 9.97 Å². The van der Waals surface area contributed by atoms with Gasteiger partial charge in [0.05, 0.1) is 50.7 Å². The molecule has 8 heteroatoms. The molecule has 0 saturated carbocycles. The SMILES string of the molecule is COc1ccc(Cn2cc(Nc3nc(C4COc5ccc(OC)cc5C4)nc4ccccc34)cn2)cc1. The van der Waals surface area contributed by atoms with Crippen molar-refractivity contribution < 1.29 is 14.2 Å². The number of fused-ring (bicyclic) bond motifs is 2. The predicted octanol–water partition coefficient (Wildman–Crippen LogP) is 5.35. The van der Waals surface area contributed by atoms with Gasteiger partial charge in [-0.15, -0.1) is 0 Å². The highest BCUT2D eigenvalue weighted by molar-refractivity contribution is 5.90. The largest absolute Gasteiger partial charge is 0.497 e. The standard InChI is InChI=1S/C29H27N5O3/c1-35-23-9-7-19(8-10-23)16-34-17-22(15-30-34)31-29-25-5-3-4-6-26(25)32-28(33-29)21-13-20-14-24(36-2)11-12-27(20)37-18-21/h3-12,14-15,17,21H,13,16,18H2,1-2H3,(H,31,32,33). The Bertz CT molecular complexity index is 1550. The Morgan fingerprint density at radius 1 is 0.973 bits per heavy atom. The monoisotopic (exact) mass is 493 g/mol. The van der Waals surface area contributed by atoms with Crippen LogP contribution in [0.3, 0.4) is 0 Å². The third-order valence-corrected chi connectivity index (χ3v) is 6.56. The van der Waals surface area contributed by atoms with Crippen LogP contribution in [-0.4, -0.2) is 40.6 Å². The smallest absolute Gasteiger partial charge is 0.142 e. The molecular formula is C29H27N5O3. The molecule has 37 heavy (non-hydrogen) atoms. The van der Waals surface area contributed by atoms with Gasteiger partial charge in [-0.2, -0.15) is 5.10 Å². The number of nitrogens with one attached hydrogen (secondary N) is 1. The van der Waals surface area contributed by atoms with Crippen LogP contribution in [0.25, 0.3) is 10.9 Å². The van der Waals surface area contributed by atoms with Crippen LogP contribution in [0.5, 0.6) is 17.2 Å². The number of benzene rings is 3. The average Bonchev–Trinajstić information content (AvgIpc) is 3.39. The minimum atomic E-state index is 0.0301. The zero-order valence-electron chi connectivity index (χ0n) is 20.7. The van der Waals surface area contributed by atoms with Gasteiger partial charge in [0.25, 0.3) is 0 Å². The van der Waals surface area contributed by atoms with Gasteiger partial charge < -0.3 is 19.5 Å². The number of ether oxygens (including phenoxy) is 3. The number of hydrogen-bond acceptors (Lipinski definition) is 7. The molecule has 1 aliphatic heterocycles. The molecule has 0 amide bonds. The van der Waals surface area contributed by atoms with E-state index in [1.54, 1.807) is 14.2 Å². The van der Waals surface area contributed by atoms with E-state index >= 15 is 0 Å². The Balaban J connectivity index is 1.26. The molecule has 0 spiro atoms. The summed E-state index contributed by atoms with van der Waals surface area (Å²) in [6.07, 6.45) is 4.57. The van der Waals surface area contributed by atoms with Crippen molar-refractivity contribution in [2.45, 2.75) is 18.9 Å². The van der Waals surface area contributed by atoms with E-state index in [0.717, 1.165) is 63.0 Å². The third kappa shape index (κ3) is 4.78. The Kier molecular flexibility index (Phi) is 6.06. The number of anilines is 2. The summed E-state index contributed by atoms with van der Waals surface area (Å²) >= 11 is 0. The predicted molar refractivity (Wildman–Crippen MR) is 142 cm³/mol. The van der Waals surface area contributed by atoms with Crippen molar-refractivity contribution in [2.24, 2.45) is 0 Å². The van der Waals surface area contributed by atoms with Crippen molar-refractivity contribution in [3.05, 3.63) is 96.1 Å². The highest BCUT2D eigenvalue weighted by Gasteiger charge is 2.25. The summed E-state index contributed by atoms with van der Waals surface area (Å²) in [5.74, 6) is 4.07. The first-order valence-corrected chi connectivity index (χ1v) is 12.2. The molecule has 1 N–H and O–H groups in total. The molecule has 0 aliphatic carbocycles. The lowest BCUT2D eigenvalue weighted by Gasteiger charge is -2.25. The average molecular weight is 494 g/mol. The molecule has 1 atom stereocenters. The van der Waals surface area contributed by atoms with E-state index < -0.39 is 0 Å². The molecule has 5 aromatic rings. The van der Waals surface area contributed by atoms with Crippen LogP contribution in [0.15, 0.2) is 79.1 Å². The van der Waals surface area contributed by atoms with Crippen LogP contribution in [0.4, 0.5) is 11.5 Å². The zero-order valence-corrected chi connectivity index (χ0v) is 20.7. The fourth-order valence-electron chi connectivity index (χ4n) is 4.61. The second-order valence-electron chi connectivity index (χ2n) is 9.03. The summed E-state index contributed by atoms with van der Waals surface area (Å²) in [7, 11) is 3.34. The molecule has 186 valence electrons. The Morgan fingerprint density at radius 2 is 1.78 bits per heavy atom. The van der Waals surface area contributed by atoms with E-state index in [2.05, 4.69) is 10.4 Å². The van der Waals surface area contributed by atoms with Crippen LogP contribution >= 0.6 is 0 Å². The molecule has 1 aliphatic rings. The molecule has 2 aromatic heterocycles. The van der Waals surface area contributed by atoms with Crippen molar-refractivity contribution >= 4 is 22.4 Å². The maximum Gasteiger partial charge on any atom is 0.142 e. The highest BCUT2D eigenvalue weighted by atomic mass is 16.5. The lowest BCUT2D eigenvalue weighted by Crippen LogP contribution is -2.21. The Morgan fingerprint density at radius 3 is 2.62 bits per heavy atom. The molecule has 0 fully saturated rings. The molecular weight excluding hydrogens is 466 g/mol. The Labute approximate surface area is 214 Å². The Hall–Kier alpha value is -4.59. The van der Waals surface area contributed by atoms with Gasteiger partial charge in [-0.05, 0) is 60.0 Å². The van der Waals surface area contributed by atoms with Crippen molar-refractivity contribution in [1.29, 1.82) is 0 Å². The van der Waals surface area contributed by atoms with Gasteiger partial charge in [0.15, 0.2) is 0 Å². The molecule has 0 bridgehead atoms. The molecule has 0 saturated heterocycles. The summed E-state index contributed by atoms with van der Waals surface area (Å²) in [4.78, 5) is 9.86. The number of aromatic nitrogens is 4. The van der Waals surface area contributed by atoms with Gasteiger partial charge in [0, 0.05) is 11.6 Å². The highest BCUT2D eigenvalue weighted by Crippen LogP contribution is 2.35. The van der Waals surface area contributed by atoms with E-state index in [1.165, 1.54) is 0 Å². The van der Waals surface area contributed by atoms with E-state index in [0.29, 0.717) is 13.2 Å². The van der Waals surface area contributed by atoms with Crippen LogP contribution in [0.1, 0.15) is 22.9 Å². The lowest BCUT2D eigenvalue weighted by molar-refractivity contribution is 0.257. The van der Waals surface area contributed by atoms with Crippen molar-refractivity contribution in [3.63, 3.8) is 0 Å². The second kappa shape index (κ2) is 9.81. The molecule has 3 heterocycles. The van der Waals surface area contributed by atoms with Crippen molar-refractivity contribution in [3.8, 4) is 17.2 Å². The molecule has 3 aromatic carbocycles. The lowest BCUT2D eigenvalue weighted by atomic mass is 9.95. The first kappa shape index (κ1) is 22.8. The quantitative estimate of drug-likeness (QED) is 0.327. The fraction of sp³-hybridized carbons (Fsp3) is 0.207. The maximum absolute atomic E-state index is 6.06. The maximum atomic E-state index is 6.06. The summed E-state index contributed by atoms with van der Waals surface area (Å²) < 4.78 is 18.6. The second-order valence-corrected chi connectivity index (χ2v) is 9.03. The van der Waals surface area contributed by atoms with E-state index in [9.17, 15) is 0 Å². The molecule has 8 nitrogen and oxygen atoms in total. The third-order valence-electron chi connectivity index (χ3n) is 6.56. The van der Waals surface area contributed by atoms with Crippen LogP contribution in [-0.2, 0) is 13.0 Å². The van der Waals surface area contributed by atoms with Crippen LogP contribution in [0.2, 0.25) is 0 Å². The van der Waals surface area contributed by atoms with E-state index in [1.807, 2.05) is 83.8 Å². The van der Waals surface area contributed by atoms with Crippen molar-refractivity contribution in [2.75, 3.05) is 26.1 Å². The zero-order chi connectivity index (χ0) is 25.2.